The zero-order chi connectivity index (χ0) is 22.0. The van der Waals surface area contributed by atoms with Crippen molar-refractivity contribution in [2.75, 3.05) is 11.1 Å². The second-order valence-corrected chi connectivity index (χ2v) is 8.58. The molecule has 3 aromatic carbocycles. The number of halogens is 3. The molecule has 0 spiro atoms. The molecule has 0 saturated carbocycles. The van der Waals surface area contributed by atoms with E-state index >= 15 is 0 Å². The molecule has 1 aromatic heterocycles. The molecule has 9 heteroatoms. The molecule has 1 heterocycles. The van der Waals surface area contributed by atoms with Crippen LogP contribution in [0.4, 0.5) is 5.69 Å². The summed E-state index contributed by atoms with van der Waals surface area (Å²) in [7, 11) is 0. The van der Waals surface area contributed by atoms with Gasteiger partial charge >= 0.3 is 0 Å². The zero-order valence-corrected chi connectivity index (χ0v) is 18.9. The Labute approximate surface area is 197 Å². The lowest BCUT2D eigenvalue weighted by Crippen LogP contribution is -2.23. The van der Waals surface area contributed by atoms with Crippen LogP contribution in [0.3, 0.4) is 0 Å². The number of carbonyl (C=O) groups excluding carboxylic acids is 1. The van der Waals surface area contributed by atoms with Crippen LogP contribution >= 0.6 is 46.6 Å². The number of anilines is 1. The third-order valence-corrected chi connectivity index (χ3v) is 6.47. The molecule has 1 N–H and O–H groups in total. The quantitative estimate of drug-likeness (QED) is 0.272. The van der Waals surface area contributed by atoms with E-state index in [0.29, 0.717) is 37.5 Å². The molecule has 0 radical (unpaired) electrons. The fourth-order valence-electron chi connectivity index (χ4n) is 2.97. The van der Waals surface area contributed by atoms with E-state index < -0.39 is 0 Å². The monoisotopic (exact) mass is 489 g/mol. The summed E-state index contributed by atoms with van der Waals surface area (Å²) < 4.78 is 1.43. The van der Waals surface area contributed by atoms with E-state index in [1.54, 1.807) is 66.7 Å². The Morgan fingerprint density at radius 3 is 2.45 bits per heavy atom. The van der Waals surface area contributed by atoms with Gasteiger partial charge in [-0.2, -0.15) is 0 Å². The number of nitrogens with zero attached hydrogens (tertiary/aromatic N) is 2. The molecule has 0 saturated heterocycles. The van der Waals surface area contributed by atoms with Gasteiger partial charge in [0.15, 0.2) is 5.16 Å². The first kappa shape index (κ1) is 21.7. The van der Waals surface area contributed by atoms with E-state index in [4.69, 9.17) is 34.8 Å². The number of benzene rings is 3. The summed E-state index contributed by atoms with van der Waals surface area (Å²) in [5.74, 6) is -0.319. The number of aromatic nitrogens is 2. The Morgan fingerprint density at radius 1 is 0.935 bits per heavy atom. The first-order chi connectivity index (χ1) is 15.0. The molecule has 5 nitrogen and oxygen atoms in total. The Kier molecular flexibility index (Phi) is 6.53. The molecular weight excluding hydrogens is 477 g/mol. The average Bonchev–Trinajstić information content (AvgIpc) is 2.76. The number of rotatable bonds is 5. The minimum absolute atomic E-state index is 0.00191. The van der Waals surface area contributed by atoms with Gasteiger partial charge in [0.2, 0.25) is 5.91 Å². The number of nitrogens with one attached hydrogen (secondary N) is 1. The second-order valence-electron chi connectivity index (χ2n) is 6.44. The van der Waals surface area contributed by atoms with Crippen molar-refractivity contribution in [1.29, 1.82) is 0 Å². The maximum Gasteiger partial charge on any atom is 0.266 e. The van der Waals surface area contributed by atoms with E-state index in [1.165, 1.54) is 4.57 Å². The van der Waals surface area contributed by atoms with Gasteiger partial charge in [-0.05, 0) is 36.4 Å². The summed E-state index contributed by atoms with van der Waals surface area (Å²) in [6.45, 7) is 0. The molecule has 0 atom stereocenters. The molecule has 4 rings (SSSR count). The second kappa shape index (κ2) is 9.32. The summed E-state index contributed by atoms with van der Waals surface area (Å²) >= 11 is 19.6. The lowest BCUT2D eigenvalue weighted by atomic mass is 10.2. The van der Waals surface area contributed by atoms with E-state index in [0.717, 1.165) is 11.8 Å². The summed E-state index contributed by atoms with van der Waals surface area (Å²) in [5, 5.41) is 4.55. The van der Waals surface area contributed by atoms with Gasteiger partial charge in [0.25, 0.3) is 5.56 Å². The zero-order valence-electron chi connectivity index (χ0n) is 15.8. The minimum Gasteiger partial charge on any atom is -0.324 e. The number of carbonyl (C=O) groups is 1. The van der Waals surface area contributed by atoms with Crippen LogP contribution in [-0.2, 0) is 4.79 Å². The normalized spacial score (nSPS) is 10.9. The predicted octanol–water partition coefficient (Wildman–Crippen LogP) is 6.08. The Morgan fingerprint density at radius 2 is 1.65 bits per heavy atom. The van der Waals surface area contributed by atoms with Crippen molar-refractivity contribution in [3.8, 4) is 5.69 Å². The highest BCUT2D eigenvalue weighted by Crippen LogP contribution is 2.30. The van der Waals surface area contributed by atoms with Crippen molar-refractivity contribution in [2.45, 2.75) is 5.16 Å². The maximum atomic E-state index is 13.2. The summed E-state index contributed by atoms with van der Waals surface area (Å²) in [6.07, 6.45) is 0. The third kappa shape index (κ3) is 4.57. The predicted molar refractivity (Wildman–Crippen MR) is 128 cm³/mol. The summed E-state index contributed by atoms with van der Waals surface area (Å²) in [6, 6.07) is 19.0. The molecule has 0 aliphatic heterocycles. The number of fused-ring (bicyclic) bond motifs is 1. The maximum absolute atomic E-state index is 13.2. The van der Waals surface area contributed by atoms with Crippen LogP contribution in [0.15, 0.2) is 76.7 Å². The van der Waals surface area contributed by atoms with Gasteiger partial charge in [-0.25, -0.2) is 4.98 Å². The molecule has 4 aromatic rings. The van der Waals surface area contributed by atoms with E-state index in [-0.39, 0.29) is 22.2 Å². The van der Waals surface area contributed by atoms with E-state index in [9.17, 15) is 9.59 Å². The van der Waals surface area contributed by atoms with Crippen LogP contribution in [0.25, 0.3) is 16.6 Å². The highest BCUT2D eigenvalue weighted by Gasteiger charge is 2.17. The highest BCUT2D eigenvalue weighted by atomic mass is 35.5. The molecule has 0 fully saturated rings. The van der Waals surface area contributed by atoms with Crippen LogP contribution < -0.4 is 10.9 Å². The largest absolute Gasteiger partial charge is 0.324 e. The Hall–Kier alpha value is -2.51. The number of amides is 1. The lowest BCUT2D eigenvalue weighted by Gasteiger charge is -2.14. The number of para-hydroxylation sites is 2. The first-order valence-electron chi connectivity index (χ1n) is 9.09. The van der Waals surface area contributed by atoms with Crippen molar-refractivity contribution in [2.24, 2.45) is 0 Å². The molecule has 31 heavy (non-hydrogen) atoms. The van der Waals surface area contributed by atoms with Crippen molar-refractivity contribution in [3.05, 3.63) is 92.2 Å². The van der Waals surface area contributed by atoms with Crippen LogP contribution in [0.1, 0.15) is 0 Å². The van der Waals surface area contributed by atoms with E-state index in [2.05, 4.69) is 10.3 Å². The Bertz CT molecular complexity index is 1360. The first-order valence-corrected chi connectivity index (χ1v) is 11.2. The molecule has 156 valence electrons. The Balaban J connectivity index is 1.69. The minimum atomic E-state index is -0.317. The standard InChI is InChI=1S/C22H14Cl3N3O2S/c23-14-7-2-4-11-18(14)28-21(30)13-6-1-3-9-16(13)27-22(28)31-12-19(29)26-17-10-5-8-15(24)20(17)25/h1-11H,12H2,(H,26,29). The van der Waals surface area contributed by atoms with Gasteiger partial charge in [-0.3, -0.25) is 14.2 Å². The van der Waals surface area contributed by atoms with Gasteiger partial charge in [0.05, 0.1) is 43.1 Å². The van der Waals surface area contributed by atoms with Crippen LogP contribution in [0.5, 0.6) is 0 Å². The van der Waals surface area contributed by atoms with Crippen LogP contribution in [0.2, 0.25) is 15.1 Å². The lowest BCUT2D eigenvalue weighted by molar-refractivity contribution is -0.113. The van der Waals surface area contributed by atoms with Gasteiger partial charge < -0.3 is 5.32 Å². The van der Waals surface area contributed by atoms with Crippen LogP contribution in [-0.4, -0.2) is 21.2 Å². The van der Waals surface area contributed by atoms with Gasteiger partial charge in [0.1, 0.15) is 0 Å². The van der Waals surface area contributed by atoms with Gasteiger partial charge in [-0.15, -0.1) is 0 Å². The topological polar surface area (TPSA) is 64.0 Å². The molecule has 0 bridgehead atoms. The molecule has 0 aliphatic carbocycles. The number of hydrogen-bond donors (Lipinski definition) is 1. The summed E-state index contributed by atoms with van der Waals surface area (Å²) in [4.78, 5) is 30.4. The smallest absolute Gasteiger partial charge is 0.266 e. The molecule has 0 aliphatic rings. The third-order valence-electron chi connectivity index (χ3n) is 4.40. The highest BCUT2D eigenvalue weighted by molar-refractivity contribution is 7.99. The molecule has 1 amide bonds. The number of hydrogen-bond acceptors (Lipinski definition) is 4. The van der Waals surface area contributed by atoms with Gasteiger partial charge in [-0.1, -0.05) is 76.9 Å². The molecule has 0 unspecified atom stereocenters. The van der Waals surface area contributed by atoms with Crippen molar-refractivity contribution >= 4 is 69.1 Å². The van der Waals surface area contributed by atoms with Crippen molar-refractivity contribution in [1.82, 2.24) is 9.55 Å². The fraction of sp³-hybridized carbons (Fsp3) is 0.0455. The number of thioether (sulfide) groups is 1. The SMILES string of the molecule is O=C(CSc1nc2ccccc2c(=O)n1-c1ccccc1Cl)Nc1cccc(Cl)c1Cl. The van der Waals surface area contributed by atoms with Crippen molar-refractivity contribution < 1.29 is 4.79 Å². The van der Waals surface area contributed by atoms with Gasteiger partial charge in [0, 0.05) is 0 Å². The van der Waals surface area contributed by atoms with Crippen molar-refractivity contribution in [3.63, 3.8) is 0 Å². The van der Waals surface area contributed by atoms with E-state index in [1.807, 2.05) is 0 Å². The molecular formula is C22H14Cl3N3O2S. The average molecular weight is 491 g/mol. The van der Waals surface area contributed by atoms with Crippen LogP contribution in [0, 0.1) is 0 Å². The fourth-order valence-corrected chi connectivity index (χ4v) is 4.35. The summed E-state index contributed by atoms with van der Waals surface area (Å²) in [5.41, 5.74) is 1.18.